The Balaban J connectivity index is 1.69. The largest absolute Gasteiger partial charge is 0.446 e. The first-order valence-corrected chi connectivity index (χ1v) is 11.3. The number of amides is 2. The minimum absolute atomic E-state index is 0.205. The van der Waals surface area contributed by atoms with Crippen LogP contribution in [-0.2, 0) is 22.4 Å². The van der Waals surface area contributed by atoms with Gasteiger partial charge in [0.1, 0.15) is 17.2 Å². The quantitative estimate of drug-likeness (QED) is 0.677. The number of carbonyl (C=O) groups is 2. The number of nitriles is 1. The van der Waals surface area contributed by atoms with Gasteiger partial charge in [0.05, 0.1) is 5.56 Å². The lowest BCUT2D eigenvalue weighted by molar-refractivity contribution is -0.111. The minimum Gasteiger partial charge on any atom is -0.446 e. The molecule has 0 aliphatic heterocycles. The van der Waals surface area contributed by atoms with Crippen molar-refractivity contribution in [2.24, 2.45) is 0 Å². The Morgan fingerprint density at radius 1 is 1.41 bits per heavy atom. The third kappa shape index (κ3) is 5.05. The fraction of sp³-hybridized carbons (Fsp3) is 0.381. The molecule has 3 rings (SSSR count). The van der Waals surface area contributed by atoms with Gasteiger partial charge in [0.2, 0.25) is 5.91 Å². The molecule has 1 unspecified atom stereocenters. The van der Waals surface area contributed by atoms with Gasteiger partial charge in [0, 0.05) is 35.3 Å². The molecule has 2 aromatic heterocycles. The summed E-state index contributed by atoms with van der Waals surface area (Å²) in [6.45, 7) is 5.06. The number of ether oxygens (including phenoxy) is 1. The third-order valence-corrected chi connectivity index (χ3v) is 6.81. The first kappa shape index (κ1) is 21.1. The van der Waals surface area contributed by atoms with Crippen LogP contribution >= 0.6 is 22.7 Å². The summed E-state index contributed by atoms with van der Waals surface area (Å²) >= 11 is 2.95. The van der Waals surface area contributed by atoms with Gasteiger partial charge in [-0.2, -0.15) is 5.26 Å². The van der Waals surface area contributed by atoms with E-state index >= 15 is 0 Å². The third-order valence-electron chi connectivity index (χ3n) is 4.80. The van der Waals surface area contributed by atoms with E-state index in [1.54, 1.807) is 22.3 Å². The number of carbonyl (C=O) groups excluding carboxylic acids is 2. The lowest BCUT2D eigenvalue weighted by atomic mass is 9.94. The fourth-order valence-corrected chi connectivity index (χ4v) is 5.14. The summed E-state index contributed by atoms with van der Waals surface area (Å²) in [5.74, 6) is -0.266. The van der Waals surface area contributed by atoms with E-state index in [9.17, 15) is 14.9 Å². The van der Waals surface area contributed by atoms with Crippen LogP contribution in [0.4, 0.5) is 9.80 Å². The molecule has 0 saturated carbocycles. The van der Waals surface area contributed by atoms with Crippen LogP contribution in [0.2, 0.25) is 0 Å². The lowest BCUT2D eigenvalue weighted by Gasteiger charge is -2.26. The zero-order valence-corrected chi connectivity index (χ0v) is 18.1. The van der Waals surface area contributed by atoms with Gasteiger partial charge in [0.25, 0.3) is 0 Å². The van der Waals surface area contributed by atoms with E-state index in [1.165, 1.54) is 17.4 Å². The Kier molecular flexibility index (Phi) is 7.07. The van der Waals surface area contributed by atoms with E-state index in [-0.39, 0.29) is 18.1 Å². The topological polar surface area (TPSA) is 82.4 Å². The average molecular weight is 430 g/mol. The van der Waals surface area contributed by atoms with Crippen molar-refractivity contribution in [3.63, 3.8) is 0 Å². The van der Waals surface area contributed by atoms with Gasteiger partial charge in [-0.15, -0.1) is 22.7 Å². The van der Waals surface area contributed by atoms with Crippen LogP contribution < -0.4 is 5.32 Å². The number of nitrogens with zero attached hydrogens (tertiary/aromatic N) is 2. The number of hydrogen-bond donors (Lipinski definition) is 1. The normalized spacial score (nSPS) is 15.6. The predicted octanol–water partition coefficient (Wildman–Crippen LogP) is 4.67. The van der Waals surface area contributed by atoms with Gasteiger partial charge in [-0.05, 0) is 49.8 Å². The number of hydrogen-bond acceptors (Lipinski definition) is 6. The fourth-order valence-electron chi connectivity index (χ4n) is 3.26. The van der Waals surface area contributed by atoms with E-state index in [4.69, 9.17) is 4.74 Å². The molecular formula is C21H23N3O3S2. The Labute approximate surface area is 178 Å². The monoisotopic (exact) mass is 429 g/mol. The summed E-state index contributed by atoms with van der Waals surface area (Å²) in [5, 5.41) is 14.9. The SMILES string of the molecule is CCN(CC)C(=O)OC1CCc2c(sc(NC(=O)C=Cc3cccs3)c2C#N)C1. The zero-order valence-electron chi connectivity index (χ0n) is 16.4. The minimum atomic E-state index is -0.298. The van der Waals surface area contributed by atoms with Gasteiger partial charge < -0.3 is 15.0 Å². The second kappa shape index (κ2) is 9.72. The molecule has 1 aliphatic carbocycles. The Bertz CT molecular complexity index is 937. The highest BCUT2D eigenvalue weighted by Gasteiger charge is 2.29. The smallest absolute Gasteiger partial charge is 0.410 e. The van der Waals surface area contributed by atoms with Crippen LogP contribution in [0.25, 0.3) is 6.08 Å². The molecule has 1 N–H and O–H groups in total. The molecule has 0 spiro atoms. The highest BCUT2D eigenvalue weighted by atomic mass is 32.1. The summed E-state index contributed by atoms with van der Waals surface area (Å²) in [6.07, 6.45) is 4.63. The van der Waals surface area contributed by atoms with Gasteiger partial charge in [-0.25, -0.2) is 4.79 Å². The summed E-state index contributed by atoms with van der Waals surface area (Å²) < 4.78 is 5.65. The van der Waals surface area contributed by atoms with Crippen LogP contribution in [0.15, 0.2) is 23.6 Å². The molecule has 0 aromatic carbocycles. The van der Waals surface area contributed by atoms with E-state index in [0.29, 0.717) is 42.9 Å². The Morgan fingerprint density at radius 2 is 2.21 bits per heavy atom. The zero-order chi connectivity index (χ0) is 20.8. The molecule has 6 nitrogen and oxygen atoms in total. The molecule has 0 saturated heterocycles. The molecule has 1 atom stereocenters. The standard InChI is InChI=1S/C21H23N3O3S2/c1-3-24(4-2)21(26)27-14-7-9-16-17(13-22)20(29-18(16)12-14)23-19(25)10-8-15-6-5-11-28-15/h5-6,8,10-11,14H,3-4,7,9,12H2,1-2H3,(H,23,25). The number of nitrogens with one attached hydrogen (secondary N) is 1. The predicted molar refractivity (Wildman–Crippen MR) is 116 cm³/mol. The molecule has 0 radical (unpaired) electrons. The highest BCUT2D eigenvalue weighted by Crippen LogP contribution is 2.38. The molecule has 2 heterocycles. The molecule has 152 valence electrons. The van der Waals surface area contributed by atoms with Crippen LogP contribution in [-0.4, -0.2) is 36.1 Å². The van der Waals surface area contributed by atoms with Gasteiger partial charge in [0.15, 0.2) is 0 Å². The number of thiophene rings is 2. The molecule has 0 bridgehead atoms. The maximum Gasteiger partial charge on any atom is 0.410 e. The van der Waals surface area contributed by atoms with Crippen molar-refractivity contribution < 1.29 is 14.3 Å². The van der Waals surface area contributed by atoms with Crippen LogP contribution in [0, 0.1) is 11.3 Å². The maximum absolute atomic E-state index is 12.3. The van der Waals surface area contributed by atoms with Crippen LogP contribution in [0.1, 0.15) is 41.1 Å². The van der Waals surface area contributed by atoms with Crippen molar-refractivity contribution in [2.45, 2.75) is 39.2 Å². The summed E-state index contributed by atoms with van der Waals surface area (Å²) in [6, 6.07) is 6.08. The van der Waals surface area contributed by atoms with Crippen molar-refractivity contribution in [1.29, 1.82) is 5.26 Å². The molecule has 2 aromatic rings. The first-order valence-electron chi connectivity index (χ1n) is 9.58. The summed E-state index contributed by atoms with van der Waals surface area (Å²) in [7, 11) is 0. The van der Waals surface area contributed by atoms with Crippen molar-refractivity contribution in [1.82, 2.24) is 4.90 Å². The van der Waals surface area contributed by atoms with Gasteiger partial charge >= 0.3 is 6.09 Å². The molecule has 29 heavy (non-hydrogen) atoms. The van der Waals surface area contributed by atoms with Crippen molar-refractivity contribution in [2.75, 3.05) is 18.4 Å². The number of anilines is 1. The van der Waals surface area contributed by atoms with Crippen LogP contribution in [0.5, 0.6) is 0 Å². The number of fused-ring (bicyclic) bond motifs is 1. The molecule has 1 aliphatic rings. The average Bonchev–Trinajstić information content (AvgIpc) is 3.34. The lowest BCUT2D eigenvalue weighted by Crippen LogP contribution is -2.35. The van der Waals surface area contributed by atoms with E-state index in [1.807, 2.05) is 31.4 Å². The Morgan fingerprint density at radius 3 is 2.86 bits per heavy atom. The maximum atomic E-state index is 12.3. The van der Waals surface area contributed by atoms with E-state index in [0.717, 1.165) is 15.3 Å². The van der Waals surface area contributed by atoms with E-state index < -0.39 is 0 Å². The highest BCUT2D eigenvalue weighted by molar-refractivity contribution is 7.16. The molecule has 0 fully saturated rings. The summed E-state index contributed by atoms with van der Waals surface area (Å²) in [5.41, 5.74) is 1.49. The second-order valence-corrected chi connectivity index (χ2v) is 8.66. The summed E-state index contributed by atoms with van der Waals surface area (Å²) in [4.78, 5) is 28.1. The van der Waals surface area contributed by atoms with Crippen molar-refractivity contribution >= 4 is 45.8 Å². The first-order chi connectivity index (χ1) is 14.0. The molecule has 2 amide bonds. The van der Waals surface area contributed by atoms with Crippen molar-refractivity contribution in [3.05, 3.63) is 44.5 Å². The molecular weight excluding hydrogens is 406 g/mol. The number of rotatable bonds is 6. The van der Waals surface area contributed by atoms with E-state index in [2.05, 4.69) is 11.4 Å². The molecule has 8 heteroatoms. The Hall–Kier alpha value is -2.63. The van der Waals surface area contributed by atoms with Gasteiger partial charge in [-0.3, -0.25) is 4.79 Å². The van der Waals surface area contributed by atoms with Crippen LogP contribution in [0.3, 0.4) is 0 Å². The van der Waals surface area contributed by atoms with Gasteiger partial charge in [-0.1, -0.05) is 6.07 Å². The second-order valence-electron chi connectivity index (χ2n) is 6.58. The van der Waals surface area contributed by atoms with Crippen molar-refractivity contribution in [3.8, 4) is 6.07 Å².